The quantitative estimate of drug-likeness (QED) is 0.818. The molecule has 0 amide bonds. The zero-order valence-electron chi connectivity index (χ0n) is 11.7. The fourth-order valence-corrected chi connectivity index (χ4v) is 2.51. The molecule has 1 saturated carbocycles. The Hall–Kier alpha value is -1.87. The van der Waals surface area contributed by atoms with Crippen molar-refractivity contribution < 1.29 is 0 Å². The molecule has 1 aromatic carbocycles. The van der Waals surface area contributed by atoms with Crippen LogP contribution in [0.4, 0.5) is 5.69 Å². The fraction of sp³-hybridized carbons (Fsp3) is 0.353. The summed E-state index contributed by atoms with van der Waals surface area (Å²) in [4.78, 5) is 6.77. The minimum atomic E-state index is 0.768. The molecule has 2 N–H and O–H groups in total. The molecule has 20 heavy (non-hydrogen) atoms. The standard InChI is InChI=1S/C17H21N3/c18-16-5-3-15(4-6-16)13-20(17-7-8-17)11-9-14-2-1-10-19-12-14/h1-6,10,12,17H,7-9,11,13,18H2. The van der Waals surface area contributed by atoms with E-state index in [0.29, 0.717) is 0 Å². The maximum Gasteiger partial charge on any atom is 0.0314 e. The third-order valence-electron chi connectivity index (χ3n) is 3.84. The van der Waals surface area contributed by atoms with Crippen LogP contribution in [0.3, 0.4) is 0 Å². The number of pyridine rings is 1. The van der Waals surface area contributed by atoms with Gasteiger partial charge < -0.3 is 5.73 Å². The summed E-state index contributed by atoms with van der Waals surface area (Å²) in [5.74, 6) is 0. The molecule has 0 radical (unpaired) electrons. The van der Waals surface area contributed by atoms with E-state index in [9.17, 15) is 0 Å². The molecule has 1 aliphatic carbocycles. The molecule has 0 spiro atoms. The number of hydrogen-bond donors (Lipinski definition) is 1. The number of rotatable bonds is 6. The highest BCUT2D eigenvalue weighted by Gasteiger charge is 2.28. The highest BCUT2D eigenvalue weighted by Crippen LogP contribution is 2.28. The van der Waals surface area contributed by atoms with Crippen molar-refractivity contribution in [1.29, 1.82) is 0 Å². The lowest BCUT2D eigenvalue weighted by molar-refractivity contribution is 0.258. The fourth-order valence-electron chi connectivity index (χ4n) is 2.51. The van der Waals surface area contributed by atoms with Gasteiger partial charge in [-0.05, 0) is 48.6 Å². The zero-order valence-corrected chi connectivity index (χ0v) is 11.7. The predicted octanol–water partition coefficient (Wildman–Crippen LogP) is 2.87. The monoisotopic (exact) mass is 267 g/mol. The predicted molar refractivity (Wildman–Crippen MR) is 82.2 cm³/mol. The van der Waals surface area contributed by atoms with Crippen LogP contribution in [0.2, 0.25) is 0 Å². The van der Waals surface area contributed by atoms with E-state index in [1.807, 2.05) is 30.6 Å². The van der Waals surface area contributed by atoms with Crippen molar-refractivity contribution in [2.75, 3.05) is 12.3 Å². The normalized spacial score (nSPS) is 14.7. The van der Waals surface area contributed by atoms with E-state index in [4.69, 9.17) is 5.73 Å². The van der Waals surface area contributed by atoms with Crippen molar-refractivity contribution in [2.24, 2.45) is 0 Å². The largest absolute Gasteiger partial charge is 0.399 e. The summed E-state index contributed by atoms with van der Waals surface area (Å²) in [6.07, 6.45) is 7.54. The van der Waals surface area contributed by atoms with Gasteiger partial charge in [0.2, 0.25) is 0 Å². The Morgan fingerprint density at radius 3 is 2.55 bits per heavy atom. The number of nitrogen functional groups attached to an aromatic ring is 1. The number of nitrogens with two attached hydrogens (primary N) is 1. The van der Waals surface area contributed by atoms with Gasteiger partial charge in [-0.1, -0.05) is 18.2 Å². The lowest BCUT2D eigenvalue weighted by atomic mass is 10.1. The van der Waals surface area contributed by atoms with Gasteiger partial charge in [-0.2, -0.15) is 0 Å². The van der Waals surface area contributed by atoms with E-state index in [1.165, 1.54) is 24.0 Å². The van der Waals surface area contributed by atoms with Crippen LogP contribution in [-0.4, -0.2) is 22.5 Å². The van der Waals surface area contributed by atoms with Gasteiger partial charge in [-0.15, -0.1) is 0 Å². The first kappa shape index (κ1) is 13.1. The molecule has 0 atom stereocenters. The van der Waals surface area contributed by atoms with Gasteiger partial charge in [0.15, 0.2) is 0 Å². The van der Waals surface area contributed by atoms with E-state index >= 15 is 0 Å². The zero-order chi connectivity index (χ0) is 13.8. The summed E-state index contributed by atoms with van der Waals surface area (Å²) in [6, 6.07) is 13.2. The minimum absolute atomic E-state index is 0.768. The SMILES string of the molecule is Nc1ccc(CN(CCc2cccnc2)C2CC2)cc1. The summed E-state index contributed by atoms with van der Waals surface area (Å²) >= 11 is 0. The number of aromatic nitrogens is 1. The molecule has 3 nitrogen and oxygen atoms in total. The summed E-state index contributed by atoms with van der Waals surface area (Å²) in [5, 5.41) is 0. The highest BCUT2D eigenvalue weighted by molar-refractivity contribution is 5.39. The Labute approximate surface area is 120 Å². The van der Waals surface area contributed by atoms with E-state index in [1.54, 1.807) is 0 Å². The van der Waals surface area contributed by atoms with E-state index in [2.05, 4.69) is 28.1 Å². The van der Waals surface area contributed by atoms with Crippen LogP contribution in [0.1, 0.15) is 24.0 Å². The van der Waals surface area contributed by atoms with Crippen molar-refractivity contribution in [3.05, 3.63) is 59.9 Å². The van der Waals surface area contributed by atoms with Gasteiger partial charge in [0, 0.05) is 37.2 Å². The van der Waals surface area contributed by atoms with E-state index < -0.39 is 0 Å². The van der Waals surface area contributed by atoms with Crippen LogP contribution in [0, 0.1) is 0 Å². The topological polar surface area (TPSA) is 42.1 Å². The number of nitrogens with zero attached hydrogens (tertiary/aromatic N) is 2. The lowest BCUT2D eigenvalue weighted by Crippen LogP contribution is -2.28. The van der Waals surface area contributed by atoms with Crippen LogP contribution in [-0.2, 0) is 13.0 Å². The first-order valence-electron chi connectivity index (χ1n) is 7.28. The molecule has 2 aromatic rings. The molecule has 1 heterocycles. The van der Waals surface area contributed by atoms with Gasteiger partial charge in [-0.3, -0.25) is 9.88 Å². The second kappa shape index (κ2) is 6.06. The molecule has 0 unspecified atom stereocenters. The van der Waals surface area contributed by atoms with Crippen LogP contribution in [0.5, 0.6) is 0 Å². The molecule has 3 rings (SSSR count). The molecule has 1 fully saturated rings. The van der Waals surface area contributed by atoms with Crippen LogP contribution >= 0.6 is 0 Å². The van der Waals surface area contributed by atoms with Crippen LogP contribution < -0.4 is 5.73 Å². The summed E-state index contributed by atoms with van der Waals surface area (Å²) < 4.78 is 0. The number of benzene rings is 1. The molecule has 3 heteroatoms. The smallest absolute Gasteiger partial charge is 0.0314 e. The van der Waals surface area contributed by atoms with Gasteiger partial charge in [0.05, 0.1) is 0 Å². The van der Waals surface area contributed by atoms with Crippen molar-refractivity contribution in [3.63, 3.8) is 0 Å². The average Bonchev–Trinajstić information content (AvgIpc) is 3.31. The molecular weight excluding hydrogens is 246 g/mol. The lowest BCUT2D eigenvalue weighted by Gasteiger charge is -2.22. The summed E-state index contributed by atoms with van der Waals surface area (Å²) in [7, 11) is 0. The van der Waals surface area contributed by atoms with Gasteiger partial charge in [0.25, 0.3) is 0 Å². The number of anilines is 1. The summed E-state index contributed by atoms with van der Waals surface area (Å²) in [6.45, 7) is 2.12. The molecule has 1 aromatic heterocycles. The third kappa shape index (κ3) is 3.58. The van der Waals surface area contributed by atoms with Gasteiger partial charge in [-0.25, -0.2) is 0 Å². The maximum absolute atomic E-state index is 5.74. The Balaban J connectivity index is 1.60. The summed E-state index contributed by atoms with van der Waals surface area (Å²) in [5.41, 5.74) is 9.24. The Bertz CT molecular complexity index is 532. The Morgan fingerprint density at radius 1 is 1.10 bits per heavy atom. The van der Waals surface area contributed by atoms with E-state index in [0.717, 1.165) is 31.2 Å². The molecule has 0 bridgehead atoms. The average molecular weight is 267 g/mol. The van der Waals surface area contributed by atoms with Crippen molar-refractivity contribution >= 4 is 5.69 Å². The third-order valence-corrected chi connectivity index (χ3v) is 3.84. The van der Waals surface area contributed by atoms with Crippen LogP contribution in [0.15, 0.2) is 48.8 Å². The van der Waals surface area contributed by atoms with Crippen molar-refractivity contribution in [1.82, 2.24) is 9.88 Å². The molecule has 0 saturated heterocycles. The van der Waals surface area contributed by atoms with Gasteiger partial charge in [0.1, 0.15) is 0 Å². The Kier molecular flexibility index (Phi) is 3.97. The second-order valence-electron chi connectivity index (χ2n) is 5.55. The first-order valence-corrected chi connectivity index (χ1v) is 7.28. The molecule has 1 aliphatic rings. The molecular formula is C17H21N3. The molecule has 0 aliphatic heterocycles. The maximum atomic E-state index is 5.74. The molecule has 104 valence electrons. The Morgan fingerprint density at radius 2 is 1.90 bits per heavy atom. The highest BCUT2D eigenvalue weighted by atomic mass is 15.2. The first-order chi connectivity index (χ1) is 9.81. The number of hydrogen-bond acceptors (Lipinski definition) is 3. The second-order valence-corrected chi connectivity index (χ2v) is 5.55. The minimum Gasteiger partial charge on any atom is -0.399 e. The van der Waals surface area contributed by atoms with Crippen LogP contribution in [0.25, 0.3) is 0 Å². The van der Waals surface area contributed by atoms with Crippen molar-refractivity contribution in [2.45, 2.75) is 31.8 Å². The van der Waals surface area contributed by atoms with Gasteiger partial charge >= 0.3 is 0 Å². The van der Waals surface area contributed by atoms with E-state index in [-0.39, 0.29) is 0 Å². The van der Waals surface area contributed by atoms with Crippen molar-refractivity contribution in [3.8, 4) is 0 Å².